The summed E-state index contributed by atoms with van der Waals surface area (Å²) in [6.45, 7) is 9.02. The molecular weight excluding hydrogens is 328 g/mol. The van der Waals surface area contributed by atoms with Crippen molar-refractivity contribution in [2.24, 2.45) is 0 Å². The van der Waals surface area contributed by atoms with Crippen LogP contribution in [0.2, 0.25) is 0 Å². The summed E-state index contributed by atoms with van der Waals surface area (Å²) in [5.74, 6) is 1.04. The molecule has 3 aromatic rings. The van der Waals surface area contributed by atoms with Gasteiger partial charge in [-0.25, -0.2) is 9.78 Å². The number of alkyl carbamates (subject to hydrolysis) is 1. The number of nitrogens with one attached hydrogen (secondary N) is 1. The van der Waals surface area contributed by atoms with E-state index in [1.54, 1.807) is 0 Å². The summed E-state index contributed by atoms with van der Waals surface area (Å²) in [6.07, 6.45) is 3.11. The van der Waals surface area contributed by atoms with Crippen molar-refractivity contribution in [3.63, 3.8) is 0 Å². The van der Waals surface area contributed by atoms with Crippen LogP contribution in [0.15, 0.2) is 30.5 Å². The first-order valence-electron chi connectivity index (χ1n) is 9.09. The number of pyridine rings is 1. The highest BCUT2D eigenvalue weighted by molar-refractivity contribution is 6.02. The number of carbonyl (C=O) groups is 1. The minimum atomic E-state index is -0.480. The minimum absolute atomic E-state index is 0.377. The second kappa shape index (κ2) is 7.32. The number of benzene rings is 1. The summed E-state index contributed by atoms with van der Waals surface area (Å²) in [6, 6.07) is 8.12. The molecule has 6 nitrogen and oxygen atoms in total. The molecule has 0 aliphatic carbocycles. The zero-order chi connectivity index (χ0) is 18.7. The Morgan fingerprint density at radius 1 is 1.23 bits per heavy atom. The van der Waals surface area contributed by atoms with Crippen molar-refractivity contribution in [2.75, 3.05) is 6.54 Å². The standard InChI is InChI=1S/C20H26N4O2/c1-5-17-23-16-13-22-15-10-7-6-9-14(15)18(16)24(17)12-8-11-21-19(25)26-20(2,3)4/h6-7,9-10,13H,5,8,11-12H2,1-4H3,(H,21,25). The first-order chi connectivity index (χ1) is 12.4. The lowest BCUT2D eigenvalue weighted by Gasteiger charge is -2.19. The van der Waals surface area contributed by atoms with Crippen LogP contribution in [0, 0.1) is 0 Å². The Labute approximate surface area is 153 Å². The lowest BCUT2D eigenvalue weighted by atomic mass is 10.2. The van der Waals surface area contributed by atoms with Crippen molar-refractivity contribution >= 4 is 28.0 Å². The van der Waals surface area contributed by atoms with Crippen LogP contribution in [0.5, 0.6) is 0 Å². The van der Waals surface area contributed by atoms with E-state index in [9.17, 15) is 4.79 Å². The fourth-order valence-electron chi connectivity index (χ4n) is 3.06. The predicted molar refractivity (Wildman–Crippen MR) is 103 cm³/mol. The quantitative estimate of drug-likeness (QED) is 0.702. The molecule has 0 saturated carbocycles. The SMILES string of the molecule is CCc1nc2cnc3ccccc3c2n1CCCNC(=O)OC(C)(C)C. The molecule has 0 unspecified atom stereocenters. The van der Waals surface area contributed by atoms with Crippen LogP contribution in [-0.2, 0) is 17.7 Å². The molecule has 1 aromatic carbocycles. The average Bonchev–Trinajstić information content (AvgIpc) is 2.95. The van der Waals surface area contributed by atoms with Gasteiger partial charge in [0.25, 0.3) is 0 Å². The molecular formula is C20H26N4O2. The highest BCUT2D eigenvalue weighted by Crippen LogP contribution is 2.25. The molecule has 0 spiro atoms. The van der Waals surface area contributed by atoms with E-state index in [0.29, 0.717) is 6.54 Å². The summed E-state index contributed by atoms with van der Waals surface area (Å²) in [7, 11) is 0. The Morgan fingerprint density at radius 2 is 2.00 bits per heavy atom. The number of para-hydroxylation sites is 1. The van der Waals surface area contributed by atoms with Crippen molar-refractivity contribution in [2.45, 2.75) is 52.7 Å². The van der Waals surface area contributed by atoms with Crippen LogP contribution < -0.4 is 5.32 Å². The second-order valence-electron chi connectivity index (χ2n) is 7.32. The summed E-state index contributed by atoms with van der Waals surface area (Å²) in [4.78, 5) is 21.0. The first-order valence-corrected chi connectivity index (χ1v) is 9.09. The van der Waals surface area contributed by atoms with E-state index in [1.807, 2.05) is 45.2 Å². The second-order valence-corrected chi connectivity index (χ2v) is 7.32. The zero-order valence-corrected chi connectivity index (χ0v) is 15.9. The molecule has 138 valence electrons. The van der Waals surface area contributed by atoms with Crippen LogP contribution in [0.4, 0.5) is 4.79 Å². The number of imidazole rings is 1. The van der Waals surface area contributed by atoms with Gasteiger partial charge in [-0.2, -0.15) is 0 Å². The summed E-state index contributed by atoms with van der Waals surface area (Å²) in [5.41, 5.74) is 2.52. The van der Waals surface area contributed by atoms with E-state index in [1.165, 1.54) is 0 Å². The summed E-state index contributed by atoms with van der Waals surface area (Å²) < 4.78 is 7.52. The highest BCUT2D eigenvalue weighted by atomic mass is 16.6. The highest BCUT2D eigenvalue weighted by Gasteiger charge is 2.16. The van der Waals surface area contributed by atoms with Crippen molar-refractivity contribution in [1.29, 1.82) is 0 Å². The van der Waals surface area contributed by atoms with Crippen molar-refractivity contribution in [3.8, 4) is 0 Å². The van der Waals surface area contributed by atoms with E-state index in [4.69, 9.17) is 9.72 Å². The van der Waals surface area contributed by atoms with E-state index in [0.717, 1.165) is 47.1 Å². The van der Waals surface area contributed by atoms with Crippen molar-refractivity contribution < 1.29 is 9.53 Å². The molecule has 0 bridgehead atoms. The van der Waals surface area contributed by atoms with Gasteiger partial charge in [0.05, 0.1) is 17.2 Å². The van der Waals surface area contributed by atoms with Gasteiger partial charge in [0, 0.05) is 24.9 Å². The van der Waals surface area contributed by atoms with Gasteiger partial charge in [0.2, 0.25) is 0 Å². The third kappa shape index (κ3) is 3.95. The smallest absolute Gasteiger partial charge is 0.407 e. The molecule has 0 aliphatic heterocycles. The molecule has 26 heavy (non-hydrogen) atoms. The number of hydrogen-bond donors (Lipinski definition) is 1. The maximum absolute atomic E-state index is 11.8. The third-order valence-electron chi connectivity index (χ3n) is 4.10. The molecule has 1 N–H and O–H groups in total. The average molecular weight is 354 g/mol. The number of carbonyl (C=O) groups excluding carboxylic acids is 1. The normalized spacial score (nSPS) is 11.8. The van der Waals surface area contributed by atoms with Gasteiger partial charge in [0.1, 0.15) is 16.9 Å². The molecule has 1 amide bonds. The van der Waals surface area contributed by atoms with E-state index < -0.39 is 5.60 Å². The van der Waals surface area contributed by atoms with E-state index in [-0.39, 0.29) is 6.09 Å². The topological polar surface area (TPSA) is 69.0 Å². The lowest BCUT2D eigenvalue weighted by molar-refractivity contribution is 0.0527. The zero-order valence-electron chi connectivity index (χ0n) is 15.9. The van der Waals surface area contributed by atoms with Gasteiger partial charge in [-0.15, -0.1) is 0 Å². The molecule has 0 fully saturated rings. The molecule has 0 atom stereocenters. The van der Waals surface area contributed by atoms with E-state index >= 15 is 0 Å². The predicted octanol–water partition coefficient (Wildman–Crippen LogP) is 4.06. The van der Waals surface area contributed by atoms with Crippen LogP contribution in [0.25, 0.3) is 21.9 Å². The summed E-state index contributed by atoms with van der Waals surface area (Å²) >= 11 is 0. The number of aryl methyl sites for hydroxylation is 2. The van der Waals surface area contributed by atoms with Crippen molar-refractivity contribution in [1.82, 2.24) is 19.9 Å². The number of amides is 1. The number of aromatic nitrogens is 3. The molecule has 0 saturated heterocycles. The van der Waals surface area contributed by atoms with Gasteiger partial charge in [0.15, 0.2) is 0 Å². The van der Waals surface area contributed by atoms with Crippen molar-refractivity contribution in [3.05, 3.63) is 36.3 Å². The largest absolute Gasteiger partial charge is 0.444 e. The third-order valence-corrected chi connectivity index (χ3v) is 4.10. The fourth-order valence-corrected chi connectivity index (χ4v) is 3.06. The molecule has 3 rings (SSSR count). The Hall–Kier alpha value is -2.63. The fraction of sp³-hybridized carbons (Fsp3) is 0.450. The van der Waals surface area contributed by atoms with Crippen LogP contribution in [0.3, 0.4) is 0 Å². The number of fused-ring (bicyclic) bond motifs is 3. The lowest BCUT2D eigenvalue weighted by Crippen LogP contribution is -2.33. The van der Waals surface area contributed by atoms with Crippen LogP contribution >= 0.6 is 0 Å². The van der Waals surface area contributed by atoms with Gasteiger partial charge in [-0.1, -0.05) is 25.1 Å². The Morgan fingerprint density at radius 3 is 2.73 bits per heavy atom. The first kappa shape index (κ1) is 18.2. The molecule has 0 aliphatic rings. The monoisotopic (exact) mass is 354 g/mol. The minimum Gasteiger partial charge on any atom is -0.444 e. The van der Waals surface area contributed by atoms with Gasteiger partial charge < -0.3 is 14.6 Å². The molecule has 6 heteroatoms. The molecule has 0 radical (unpaired) electrons. The molecule has 2 heterocycles. The number of nitrogens with zero attached hydrogens (tertiary/aromatic N) is 3. The van der Waals surface area contributed by atoms with Gasteiger partial charge in [-0.05, 0) is 33.3 Å². The molecule has 2 aromatic heterocycles. The number of hydrogen-bond acceptors (Lipinski definition) is 4. The van der Waals surface area contributed by atoms with E-state index in [2.05, 4.69) is 27.9 Å². The Balaban J connectivity index is 1.77. The number of ether oxygens (including phenoxy) is 1. The Bertz CT molecular complexity index is 925. The Kier molecular flexibility index (Phi) is 5.11. The van der Waals surface area contributed by atoms with Gasteiger partial charge >= 0.3 is 6.09 Å². The van der Waals surface area contributed by atoms with Crippen LogP contribution in [-0.4, -0.2) is 32.8 Å². The van der Waals surface area contributed by atoms with Crippen LogP contribution in [0.1, 0.15) is 39.9 Å². The summed E-state index contributed by atoms with van der Waals surface area (Å²) in [5, 5.41) is 3.93. The van der Waals surface area contributed by atoms with Gasteiger partial charge in [-0.3, -0.25) is 4.98 Å². The maximum Gasteiger partial charge on any atom is 0.407 e. The maximum atomic E-state index is 11.8. The number of rotatable bonds is 5.